The molecule has 2 heterocycles. The van der Waals surface area contributed by atoms with Crippen molar-refractivity contribution < 1.29 is 14.3 Å². The van der Waals surface area contributed by atoms with Gasteiger partial charge in [0.15, 0.2) is 5.69 Å². The summed E-state index contributed by atoms with van der Waals surface area (Å²) in [6.07, 6.45) is 1.63. The van der Waals surface area contributed by atoms with E-state index in [4.69, 9.17) is 4.74 Å². The third kappa shape index (κ3) is 4.39. The van der Waals surface area contributed by atoms with Crippen LogP contribution >= 0.6 is 23.1 Å². The second-order valence-corrected chi connectivity index (χ2v) is 8.77. The van der Waals surface area contributed by atoms with Crippen LogP contribution in [-0.4, -0.2) is 36.2 Å². The first-order chi connectivity index (χ1) is 15.5. The number of benzene rings is 2. The smallest absolute Gasteiger partial charge is 0.357 e. The second-order valence-electron chi connectivity index (χ2n) is 6.85. The van der Waals surface area contributed by atoms with Crippen LogP contribution in [0.4, 0.5) is 16.5 Å². The molecule has 1 aliphatic rings. The summed E-state index contributed by atoms with van der Waals surface area (Å²) in [6, 6.07) is 14.5. The molecular formula is C23H22N4O3S2. The average molecular weight is 467 g/mol. The average Bonchev–Trinajstić information content (AvgIpc) is 3.27. The number of ether oxygens (including phenoxy) is 1. The van der Waals surface area contributed by atoms with E-state index in [1.165, 1.54) is 22.5 Å². The Kier molecular flexibility index (Phi) is 6.57. The van der Waals surface area contributed by atoms with E-state index < -0.39 is 5.97 Å². The highest BCUT2D eigenvalue weighted by Gasteiger charge is 2.22. The molecule has 0 radical (unpaired) electrons. The molecule has 0 fully saturated rings. The van der Waals surface area contributed by atoms with Crippen LogP contribution in [0.25, 0.3) is 0 Å². The molecule has 1 aliphatic heterocycles. The number of para-hydroxylation sites is 1. The SMILES string of the molecule is CCOC(=O)c1csc(N(/N=C/c2ccc3c(c2)Sc2ccccc2N3CC)C(C)=O)n1. The second kappa shape index (κ2) is 9.54. The van der Waals surface area contributed by atoms with Crippen LogP contribution in [0.5, 0.6) is 0 Å². The number of thiazole rings is 1. The first-order valence-corrected chi connectivity index (χ1v) is 11.9. The predicted molar refractivity (Wildman–Crippen MR) is 129 cm³/mol. The summed E-state index contributed by atoms with van der Waals surface area (Å²) in [6.45, 7) is 6.39. The third-order valence-electron chi connectivity index (χ3n) is 4.75. The van der Waals surface area contributed by atoms with E-state index in [1.807, 2.05) is 12.1 Å². The van der Waals surface area contributed by atoms with Crippen molar-refractivity contribution in [1.29, 1.82) is 0 Å². The molecule has 0 saturated carbocycles. The first-order valence-electron chi connectivity index (χ1n) is 10.2. The minimum atomic E-state index is -0.519. The van der Waals surface area contributed by atoms with E-state index >= 15 is 0 Å². The molecule has 1 aromatic heterocycles. The normalized spacial score (nSPS) is 12.4. The first kappa shape index (κ1) is 22.0. The minimum absolute atomic E-state index is 0.164. The zero-order valence-electron chi connectivity index (χ0n) is 17.9. The van der Waals surface area contributed by atoms with Gasteiger partial charge in [-0.2, -0.15) is 10.1 Å². The monoisotopic (exact) mass is 466 g/mol. The Morgan fingerprint density at radius 1 is 1.16 bits per heavy atom. The molecule has 32 heavy (non-hydrogen) atoms. The third-order valence-corrected chi connectivity index (χ3v) is 6.67. The maximum atomic E-state index is 12.2. The Morgan fingerprint density at radius 2 is 1.94 bits per heavy atom. The van der Waals surface area contributed by atoms with Gasteiger partial charge in [-0.15, -0.1) is 11.3 Å². The zero-order chi connectivity index (χ0) is 22.7. The molecule has 0 bridgehead atoms. The summed E-state index contributed by atoms with van der Waals surface area (Å²) in [5, 5.41) is 7.41. The van der Waals surface area contributed by atoms with Gasteiger partial charge in [-0.1, -0.05) is 30.0 Å². The van der Waals surface area contributed by atoms with Gasteiger partial charge in [-0.3, -0.25) is 4.79 Å². The maximum absolute atomic E-state index is 12.2. The van der Waals surface area contributed by atoms with Crippen LogP contribution < -0.4 is 9.91 Å². The molecule has 7 nitrogen and oxygen atoms in total. The fourth-order valence-electron chi connectivity index (χ4n) is 3.32. The molecule has 2 aromatic carbocycles. The number of anilines is 3. The quantitative estimate of drug-likeness (QED) is 0.278. The van der Waals surface area contributed by atoms with E-state index in [9.17, 15) is 9.59 Å². The number of carbonyl (C=O) groups excluding carboxylic acids is 2. The van der Waals surface area contributed by atoms with Gasteiger partial charge >= 0.3 is 5.97 Å². The van der Waals surface area contributed by atoms with Gasteiger partial charge < -0.3 is 9.64 Å². The Bertz CT molecular complexity index is 1190. The molecular weight excluding hydrogens is 444 g/mol. The lowest BCUT2D eigenvalue weighted by Gasteiger charge is -2.32. The molecule has 9 heteroatoms. The van der Waals surface area contributed by atoms with Gasteiger partial charge in [-0.05, 0) is 43.7 Å². The fraction of sp³-hybridized carbons (Fsp3) is 0.217. The molecule has 0 atom stereocenters. The van der Waals surface area contributed by atoms with E-state index in [0.29, 0.717) is 5.13 Å². The van der Waals surface area contributed by atoms with Crippen molar-refractivity contribution in [2.75, 3.05) is 23.1 Å². The summed E-state index contributed by atoms with van der Waals surface area (Å²) in [5.41, 5.74) is 3.38. The highest BCUT2D eigenvalue weighted by Crippen LogP contribution is 2.47. The van der Waals surface area contributed by atoms with Crippen molar-refractivity contribution in [2.24, 2.45) is 5.10 Å². The van der Waals surface area contributed by atoms with Crippen molar-refractivity contribution >= 4 is 57.7 Å². The number of hydrogen-bond donors (Lipinski definition) is 0. The highest BCUT2D eigenvalue weighted by molar-refractivity contribution is 7.99. The Morgan fingerprint density at radius 3 is 2.69 bits per heavy atom. The van der Waals surface area contributed by atoms with Crippen molar-refractivity contribution in [2.45, 2.75) is 30.6 Å². The molecule has 0 aliphatic carbocycles. The summed E-state index contributed by atoms with van der Waals surface area (Å²) in [4.78, 5) is 32.9. The van der Waals surface area contributed by atoms with Gasteiger partial charge in [-0.25, -0.2) is 9.78 Å². The molecule has 0 N–H and O–H groups in total. The zero-order valence-corrected chi connectivity index (χ0v) is 19.6. The van der Waals surface area contributed by atoms with Gasteiger partial charge in [0.25, 0.3) is 0 Å². The van der Waals surface area contributed by atoms with E-state index in [2.05, 4.69) is 52.2 Å². The number of esters is 1. The molecule has 1 amide bonds. The fourth-order valence-corrected chi connectivity index (χ4v) is 5.26. The number of fused-ring (bicyclic) bond motifs is 2. The molecule has 164 valence electrons. The number of hydrazone groups is 1. The van der Waals surface area contributed by atoms with E-state index in [1.54, 1.807) is 30.3 Å². The topological polar surface area (TPSA) is 75.1 Å². The lowest BCUT2D eigenvalue weighted by atomic mass is 10.1. The van der Waals surface area contributed by atoms with E-state index in [0.717, 1.165) is 34.0 Å². The lowest BCUT2D eigenvalue weighted by molar-refractivity contribution is -0.116. The van der Waals surface area contributed by atoms with Crippen LogP contribution in [0.15, 0.2) is 62.7 Å². The van der Waals surface area contributed by atoms with Gasteiger partial charge in [0.2, 0.25) is 11.0 Å². The standard InChI is InChI=1S/C23H22N4O3S2/c1-4-26-18-8-6-7-9-20(18)32-21-12-16(10-11-19(21)26)13-24-27(15(3)28)23-25-17(14-31-23)22(29)30-5-2/h6-14H,4-5H2,1-3H3/b24-13+. The Labute approximate surface area is 194 Å². The largest absolute Gasteiger partial charge is 0.461 e. The number of rotatable bonds is 6. The molecule has 4 rings (SSSR count). The predicted octanol–water partition coefficient (Wildman–Crippen LogP) is 5.33. The van der Waals surface area contributed by atoms with Crippen LogP contribution in [-0.2, 0) is 9.53 Å². The van der Waals surface area contributed by atoms with Crippen LogP contribution in [0.3, 0.4) is 0 Å². The van der Waals surface area contributed by atoms with Crippen molar-refractivity contribution in [3.63, 3.8) is 0 Å². The minimum Gasteiger partial charge on any atom is -0.461 e. The van der Waals surface area contributed by atoms with E-state index in [-0.39, 0.29) is 18.2 Å². The maximum Gasteiger partial charge on any atom is 0.357 e. The summed E-state index contributed by atoms with van der Waals surface area (Å²) in [5.74, 6) is -0.820. The van der Waals surface area contributed by atoms with Gasteiger partial charge in [0.05, 0.1) is 24.2 Å². The Balaban J connectivity index is 1.59. The summed E-state index contributed by atoms with van der Waals surface area (Å²) >= 11 is 2.88. The summed E-state index contributed by atoms with van der Waals surface area (Å²) in [7, 11) is 0. The number of nitrogens with zero attached hydrogens (tertiary/aromatic N) is 4. The van der Waals surface area contributed by atoms with Crippen molar-refractivity contribution in [3.8, 4) is 0 Å². The number of carbonyl (C=O) groups is 2. The highest BCUT2D eigenvalue weighted by atomic mass is 32.2. The lowest BCUT2D eigenvalue weighted by Crippen LogP contribution is -2.22. The van der Waals surface area contributed by atoms with Crippen molar-refractivity contribution in [3.05, 3.63) is 59.1 Å². The van der Waals surface area contributed by atoms with Gasteiger partial charge in [0, 0.05) is 28.6 Å². The molecule has 3 aromatic rings. The van der Waals surface area contributed by atoms with Crippen LogP contribution in [0.2, 0.25) is 0 Å². The number of amides is 1. The molecule has 0 unspecified atom stereocenters. The number of aromatic nitrogens is 1. The molecule has 0 saturated heterocycles. The number of hydrogen-bond acceptors (Lipinski definition) is 8. The van der Waals surface area contributed by atoms with Crippen LogP contribution in [0, 0.1) is 0 Å². The summed E-state index contributed by atoms with van der Waals surface area (Å²) < 4.78 is 4.96. The van der Waals surface area contributed by atoms with Crippen LogP contribution in [0.1, 0.15) is 36.8 Å². The van der Waals surface area contributed by atoms with Gasteiger partial charge in [0.1, 0.15) is 0 Å². The Hall–Kier alpha value is -3.17. The molecule has 0 spiro atoms. The van der Waals surface area contributed by atoms with Crippen molar-refractivity contribution in [1.82, 2.24) is 4.98 Å².